The number of nitrogens with zero attached hydrogens (tertiary/aromatic N) is 3. The molecule has 5 nitrogen and oxygen atoms in total. The molecule has 0 aliphatic carbocycles. The van der Waals surface area contributed by atoms with E-state index >= 15 is 0 Å². The third-order valence-electron chi connectivity index (χ3n) is 3.68. The van der Waals surface area contributed by atoms with E-state index in [0.29, 0.717) is 0 Å². The largest absolute Gasteiger partial charge is 0.355 e. The molecule has 2 heterocycles. The first-order chi connectivity index (χ1) is 9.74. The van der Waals surface area contributed by atoms with Crippen LogP contribution in [0.5, 0.6) is 0 Å². The normalized spacial score (nSPS) is 17.1. The fraction of sp³-hybridized carbons (Fsp3) is 0.600. The number of pyridine rings is 1. The predicted octanol–water partition coefficient (Wildman–Crippen LogP) is 0.378. The van der Waals surface area contributed by atoms with E-state index in [0.717, 1.165) is 52.2 Å². The lowest BCUT2D eigenvalue weighted by Crippen LogP contribution is -2.48. The zero-order chi connectivity index (χ0) is 14.2. The highest BCUT2D eigenvalue weighted by molar-refractivity contribution is 5.72. The van der Waals surface area contributed by atoms with Crippen molar-refractivity contribution in [1.29, 1.82) is 0 Å². The number of carbonyl (C=O) groups excluding carboxylic acids is 1. The van der Waals surface area contributed by atoms with Gasteiger partial charge >= 0.3 is 0 Å². The molecule has 1 aliphatic rings. The van der Waals surface area contributed by atoms with Crippen molar-refractivity contribution in [3.05, 3.63) is 30.1 Å². The minimum atomic E-state index is 0.0546. The van der Waals surface area contributed by atoms with Gasteiger partial charge in [0.15, 0.2) is 0 Å². The minimum Gasteiger partial charge on any atom is -0.355 e. The van der Waals surface area contributed by atoms with Crippen molar-refractivity contribution >= 4 is 5.91 Å². The highest BCUT2D eigenvalue weighted by atomic mass is 16.1. The molecule has 1 amide bonds. The molecule has 0 atom stereocenters. The summed E-state index contributed by atoms with van der Waals surface area (Å²) in [5.41, 5.74) is 1.17. The van der Waals surface area contributed by atoms with Crippen LogP contribution in [-0.4, -0.2) is 66.5 Å². The van der Waals surface area contributed by atoms with Gasteiger partial charge in [0, 0.05) is 71.0 Å². The molecule has 0 bridgehead atoms. The monoisotopic (exact) mass is 276 g/mol. The number of aromatic nitrogens is 1. The van der Waals surface area contributed by atoms with E-state index in [4.69, 9.17) is 0 Å². The number of amides is 1. The zero-order valence-electron chi connectivity index (χ0n) is 12.2. The van der Waals surface area contributed by atoms with Gasteiger partial charge in [-0.1, -0.05) is 6.07 Å². The maximum Gasteiger partial charge on any atom is 0.216 e. The van der Waals surface area contributed by atoms with Crippen molar-refractivity contribution in [3.63, 3.8) is 0 Å². The van der Waals surface area contributed by atoms with E-state index in [-0.39, 0.29) is 5.91 Å². The summed E-state index contributed by atoms with van der Waals surface area (Å²) >= 11 is 0. The average molecular weight is 276 g/mol. The van der Waals surface area contributed by atoms with Crippen LogP contribution in [0.3, 0.4) is 0 Å². The molecule has 110 valence electrons. The molecule has 1 N–H and O–H groups in total. The maximum absolute atomic E-state index is 10.8. The standard InChI is InChI=1S/C15H24N4O/c1-14(20)16-7-9-19-12-10-18(11-13-19)8-5-15-4-2-3-6-17-15/h2-4,6H,5,7-13H2,1H3,(H,16,20). The summed E-state index contributed by atoms with van der Waals surface area (Å²) in [7, 11) is 0. The van der Waals surface area contributed by atoms with Crippen LogP contribution in [0.1, 0.15) is 12.6 Å². The maximum atomic E-state index is 10.8. The Balaban J connectivity index is 1.61. The second kappa shape index (κ2) is 7.97. The van der Waals surface area contributed by atoms with Gasteiger partial charge in [0.25, 0.3) is 0 Å². The van der Waals surface area contributed by atoms with Gasteiger partial charge in [0.2, 0.25) is 5.91 Å². The third-order valence-corrected chi connectivity index (χ3v) is 3.68. The van der Waals surface area contributed by atoms with E-state index in [9.17, 15) is 4.79 Å². The molecular formula is C15H24N4O. The molecule has 0 aromatic carbocycles. The van der Waals surface area contributed by atoms with Crippen LogP contribution < -0.4 is 5.32 Å². The average Bonchev–Trinajstić information content (AvgIpc) is 2.47. The number of nitrogens with one attached hydrogen (secondary N) is 1. The lowest BCUT2D eigenvalue weighted by Gasteiger charge is -2.34. The number of piperazine rings is 1. The SMILES string of the molecule is CC(=O)NCCN1CCN(CCc2ccccn2)CC1. The summed E-state index contributed by atoms with van der Waals surface area (Å²) in [6.45, 7) is 8.73. The fourth-order valence-electron chi connectivity index (χ4n) is 2.45. The van der Waals surface area contributed by atoms with Crippen molar-refractivity contribution in [2.75, 3.05) is 45.8 Å². The van der Waals surface area contributed by atoms with Crippen LogP contribution >= 0.6 is 0 Å². The molecule has 0 unspecified atom stereocenters. The Morgan fingerprint density at radius 1 is 1.20 bits per heavy atom. The third kappa shape index (κ3) is 5.27. The first-order valence-corrected chi connectivity index (χ1v) is 7.33. The van der Waals surface area contributed by atoms with Gasteiger partial charge in [-0.2, -0.15) is 0 Å². The van der Waals surface area contributed by atoms with Gasteiger partial charge in [0.05, 0.1) is 0 Å². The smallest absolute Gasteiger partial charge is 0.216 e. The predicted molar refractivity (Wildman–Crippen MR) is 79.5 cm³/mol. The summed E-state index contributed by atoms with van der Waals surface area (Å²) in [6, 6.07) is 6.09. The van der Waals surface area contributed by atoms with Gasteiger partial charge in [-0.15, -0.1) is 0 Å². The Kier molecular flexibility index (Phi) is 5.95. The summed E-state index contributed by atoms with van der Waals surface area (Å²) in [4.78, 5) is 20.1. The molecule has 1 fully saturated rings. The Morgan fingerprint density at radius 2 is 1.90 bits per heavy atom. The lowest BCUT2D eigenvalue weighted by molar-refractivity contribution is -0.119. The van der Waals surface area contributed by atoms with Crippen molar-refractivity contribution in [3.8, 4) is 0 Å². The van der Waals surface area contributed by atoms with Crippen LogP contribution in [0.15, 0.2) is 24.4 Å². The molecular weight excluding hydrogens is 252 g/mol. The van der Waals surface area contributed by atoms with Crippen molar-refractivity contribution in [2.45, 2.75) is 13.3 Å². The molecule has 1 aliphatic heterocycles. The Hall–Kier alpha value is -1.46. The molecule has 5 heteroatoms. The molecule has 0 saturated carbocycles. The van der Waals surface area contributed by atoms with E-state index < -0.39 is 0 Å². The molecule has 1 saturated heterocycles. The zero-order valence-corrected chi connectivity index (χ0v) is 12.2. The highest BCUT2D eigenvalue weighted by Gasteiger charge is 2.16. The van der Waals surface area contributed by atoms with E-state index in [2.05, 4.69) is 26.2 Å². The number of rotatable bonds is 6. The molecule has 0 spiro atoms. The number of hydrogen-bond acceptors (Lipinski definition) is 4. The fourth-order valence-corrected chi connectivity index (χ4v) is 2.45. The Morgan fingerprint density at radius 3 is 2.50 bits per heavy atom. The second-order valence-corrected chi connectivity index (χ2v) is 5.24. The van der Waals surface area contributed by atoms with Gasteiger partial charge in [-0.05, 0) is 12.1 Å². The highest BCUT2D eigenvalue weighted by Crippen LogP contribution is 2.03. The van der Waals surface area contributed by atoms with Crippen LogP contribution in [0.2, 0.25) is 0 Å². The first kappa shape index (κ1) is 14.9. The topological polar surface area (TPSA) is 48.5 Å². The van der Waals surface area contributed by atoms with Gasteiger partial charge < -0.3 is 10.2 Å². The Labute approximate surface area is 121 Å². The lowest BCUT2D eigenvalue weighted by atomic mass is 10.2. The summed E-state index contributed by atoms with van der Waals surface area (Å²) in [5.74, 6) is 0.0546. The molecule has 1 aromatic rings. The van der Waals surface area contributed by atoms with Gasteiger partial charge in [-0.3, -0.25) is 14.7 Å². The molecule has 1 aromatic heterocycles. The quantitative estimate of drug-likeness (QED) is 0.816. The second-order valence-electron chi connectivity index (χ2n) is 5.24. The van der Waals surface area contributed by atoms with Crippen LogP contribution in [0, 0.1) is 0 Å². The molecule has 20 heavy (non-hydrogen) atoms. The van der Waals surface area contributed by atoms with E-state index in [1.807, 2.05) is 18.3 Å². The number of hydrogen-bond donors (Lipinski definition) is 1. The van der Waals surface area contributed by atoms with Crippen molar-refractivity contribution < 1.29 is 4.79 Å². The van der Waals surface area contributed by atoms with Gasteiger partial charge in [0.1, 0.15) is 0 Å². The number of carbonyl (C=O) groups is 1. The van der Waals surface area contributed by atoms with Crippen molar-refractivity contribution in [1.82, 2.24) is 20.1 Å². The molecule has 0 radical (unpaired) electrons. The minimum absolute atomic E-state index is 0.0546. The summed E-state index contributed by atoms with van der Waals surface area (Å²) in [5, 5.41) is 2.85. The summed E-state index contributed by atoms with van der Waals surface area (Å²) < 4.78 is 0. The van der Waals surface area contributed by atoms with Crippen LogP contribution in [0.4, 0.5) is 0 Å². The first-order valence-electron chi connectivity index (χ1n) is 7.33. The Bertz CT molecular complexity index is 402. The van der Waals surface area contributed by atoms with E-state index in [1.165, 1.54) is 5.69 Å². The van der Waals surface area contributed by atoms with Gasteiger partial charge in [-0.25, -0.2) is 0 Å². The molecule has 2 rings (SSSR count). The van der Waals surface area contributed by atoms with E-state index in [1.54, 1.807) is 6.92 Å². The summed E-state index contributed by atoms with van der Waals surface area (Å²) in [6.07, 6.45) is 2.88. The van der Waals surface area contributed by atoms with Crippen LogP contribution in [-0.2, 0) is 11.2 Å². The van der Waals surface area contributed by atoms with Crippen molar-refractivity contribution in [2.24, 2.45) is 0 Å². The van der Waals surface area contributed by atoms with Crippen LogP contribution in [0.25, 0.3) is 0 Å².